The lowest BCUT2D eigenvalue weighted by Crippen LogP contribution is -2.35. The van der Waals surface area contributed by atoms with Gasteiger partial charge in [-0.3, -0.25) is 9.10 Å². The Balaban J connectivity index is 2.03. The molecule has 9 nitrogen and oxygen atoms in total. The lowest BCUT2D eigenvalue weighted by Gasteiger charge is -2.22. The predicted molar refractivity (Wildman–Crippen MR) is 141 cm³/mol. The minimum Gasteiger partial charge on any atom is -0.419 e. The summed E-state index contributed by atoms with van der Waals surface area (Å²) in [4.78, 5) is 13.1. The molecule has 1 amide bonds. The second kappa shape index (κ2) is 11.2. The van der Waals surface area contributed by atoms with Gasteiger partial charge >= 0.3 is 0 Å². The highest BCUT2D eigenvalue weighted by atomic mass is 32.2. The molecule has 0 radical (unpaired) electrons. The van der Waals surface area contributed by atoms with E-state index in [1.807, 2.05) is 51.1 Å². The monoisotopic (exact) mass is 513 g/mol. The number of anilines is 1. The molecular weight excluding hydrogens is 478 g/mol. The van der Waals surface area contributed by atoms with E-state index in [1.54, 1.807) is 25.1 Å². The van der Waals surface area contributed by atoms with E-state index in [0.717, 1.165) is 24.7 Å². The number of carbonyl (C=O) groups is 1. The van der Waals surface area contributed by atoms with Crippen LogP contribution in [0.4, 0.5) is 5.69 Å². The SMILES string of the molecule is CCC(CC)NC(=O)c1cc(-c2nnc([C@](C)(N)Cc3ccccc3)o2)cc(N(CC)S(C)(=O)=O)c1. The Morgan fingerprint density at radius 2 is 1.78 bits per heavy atom. The van der Waals surface area contributed by atoms with E-state index < -0.39 is 15.6 Å². The zero-order chi connectivity index (χ0) is 26.5. The minimum absolute atomic E-state index is 0.00716. The van der Waals surface area contributed by atoms with Gasteiger partial charge in [-0.25, -0.2) is 8.42 Å². The van der Waals surface area contributed by atoms with Gasteiger partial charge in [0.1, 0.15) is 0 Å². The lowest BCUT2D eigenvalue weighted by atomic mass is 9.94. The van der Waals surface area contributed by atoms with E-state index in [1.165, 1.54) is 4.31 Å². The molecule has 0 aliphatic carbocycles. The van der Waals surface area contributed by atoms with Gasteiger partial charge in [0, 0.05) is 23.7 Å². The molecule has 3 aromatic rings. The predicted octanol–water partition coefficient (Wildman–Crippen LogP) is 3.86. The molecule has 3 rings (SSSR count). The molecule has 0 unspecified atom stereocenters. The largest absolute Gasteiger partial charge is 0.419 e. The van der Waals surface area contributed by atoms with Crippen LogP contribution in [0.1, 0.15) is 62.3 Å². The fourth-order valence-corrected chi connectivity index (χ4v) is 5.00. The van der Waals surface area contributed by atoms with Gasteiger partial charge in [0.15, 0.2) is 0 Å². The van der Waals surface area contributed by atoms with Crippen molar-refractivity contribution in [3.05, 3.63) is 65.5 Å². The van der Waals surface area contributed by atoms with Crippen molar-refractivity contribution in [2.45, 2.75) is 58.5 Å². The Morgan fingerprint density at radius 1 is 1.11 bits per heavy atom. The first-order chi connectivity index (χ1) is 17.0. The van der Waals surface area contributed by atoms with E-state index in [0.29, 0.717) is 23.2 Å². The standard InChI is InChI=1S/C26H35N5O4S/c1-6-21(7-2)28-23(32)19-14-20(16-22(15-19)31(8-3)36(5,33)34)24-29-30-25(35-24)26(4,27)17-18-12-10-9-11-13-18/h9-16,21H,6-8,17,27H2,1-5H3,(H,28,32)/t26-/m1/s1. The van der Waals surface area contributed by atoms with Crippen LogP contribution < -0.4 is 15.4 Å². The van der Waals surface area contributed by atoms with Gasteiger partial charge in [-0.15, -0.1) is 10.2 Å². The summed E-state index contributed by atoms with van der Waals surface area (Å²) in [6.45, 7) is 7.73. The van der Waals surface area contributed by atoms with Gasteiger partial charge in [-0.2, -0.15) is 0 Å². The smallest absolute Gasteiger partial charge is 0.251 e. The maximum absolute atomic E-state index is 13.1. The van der Waals surface area contributed by atoms with Crippen LogP contribution in [0.15, 0.2) is 52.9 Å². The molecule has 0 bridgehead atoms. The third-order valence-electron chi connectivity index (χ3n) is 6.05. The number of nitrogens with two attached hydrogens (primary N) is 1. The van der Waals surface area contributed by atoms with Crippen LogP contribution in [0.5, 0.6) is 0 Å². The first kappa shape index (κ1) is 27.3. The first-order valence-corrected chi connectivity index (χ1v) is 13.9. The second-order valence-electron chi connectivity index (χ2n) is 9.18. The molecule has 2 aromatic carbocycles. The summed E-state index contributed by atoms with van der Waals surface area (Å²) in [5, 5.41) is 11.4. The average molecular weight is 514 g/mol. The molecule has 194 valence electrons. The van der Waals surface area contributed by atoms with Gasteiger partial charge in [-0.1, -0.05) is 44.2 Å². The molecule has 3 N–H and O–H groups in total. The number of sulfonamides is 1. The van der Waals surface area contributed by atoms with Gasteiger partial charge in [-0.05, 0) is 56.9 Å². The normalized spacial score (nSPS) is 13.4. The van der Waals surface area contributed by atoms with Crippen LogP contribution in [-0.2, 0) is 22.0 Å². The molecule has 0 saturated heterocycles. The molecule has 1 heterocycles. The summed E-state index contributed by atoms with van der Waals surface area (Å²) in [5.74, 6) is 0.0896. The number of hydrogen-bond acceptors (Lipinski definition) is 7. The number of nitrogens with zero attached hydrogens (tertiary/aromatic N) is 3. The van der Waals surface area contributed by atoms with E-state index in [-0.39, 0.29) is 30.3 Å². The fraction of sp³-hybridized carbons (Fsp3) is 0.423. The molecule has 0 fully saturated rings. The zero-order valence-corrected chi connectivity index (χ0v) is 22.3. The van der Waals surface area contributed by atoms with Gasteiger partial charge in [0.05, 0.1) is 17.5 Å². The van der Waals surface area contributed by atoms with Crippen LogP contribution in [0.2, 0.25) is 0 Å². The first-order valence-electron chi connectivity index (χ1n) is 12.1. The van der Waals surface area contributed by atoms with Gasteiger partial charge < -0.3 is 15.5 Å². The fourth-order valence-electron chi connectivity index (χ4n) is 4.05. The van der Waals surface area contributed by atoms with Crippen molar-refractivity contribution >= 4 is 21.6 Å². The lowest BCUT2D eigenvalue weighted by molar-refractivity contribution is 0.0935. The Morgan fingerprint density at radius 3 is 2.36 bits per heavy atom. The van der Waals surface area contributed by atoms with Crippen LogP contribution in [-0.4, -0.2) is 43.4 Å². The Hall–Kier alpha value is -3.24. The molecule has 0 aliphatic rings. The molecule has 0 saturated carbocycles. The van der Waals surface area contributed by atoms with Crippen molar-refractivity contribution in [2.24, 2.45) is 5.73 Å². The molecule has 0 spiro atoms. The highest BCUT2D eigenvalue weighted by molar-refractivity contribution is 7.92. The molecule has 36 heavy (non-hydrogen) atoms. The summed E-state index contributed by atoms with van der Waals surface area (Å²) in [6.07, 6.45) is 3.17. The Bertz CT molecular complexity index is 1280. The van der Waals surface area contributed by atoms with Crippen LogP contribution in [0.25, 0.3) is 11.5 Å². The maximum Gasteiger partial charge on any atom is 0.251 e. The van der Waals surface area contributed by atoms with E-state index in [2.05, 4.69) is 15.5 Å². The third kappa shape index (κ3) is 6.50. The summed E-state index contributed by atoms with van der Waals surface area (Å²) < 4.78 is 32.1. The van der Waals surface area contributed by atoms with Crippen molar-refractivity contribution < 1.29 is 17.6 Å². The van der Waals surface area contributed by atoms with Crippen molar-refractivity contribution in [3.8, 4) is 11.5 Å². The van der Waals surface area contributed by atoms with Crippen molar-refractivity contribution in [3.63, 3.8) is 0 Å². The third-order valence-corrected chi connectivity index (χ3v) is 7.32. The van der Waals surface area contributed by atoms with E-state index in [4.69, 9.17) is 10.2 Å². The number of aromatic nitrogens is 2. The number of hydrogen-bond donors (Lipinski definition) is 2. The van der Waals surface area contributed by atoms with Crippen LogP contribution >= 0.6 is 0 Å². The average Bonchev–Trinajstić information content (AvgIpc) is 3.34. The van der Waals surface area contributed by atoms with Crippen LogP contribution in [0, 0.1) is 0 Å². The quantitative estimate of drug-likeness (QED) is 0.398. The number of rotatable bonds is 11. The summed E-state index contributed by atoms with van der Waals surface area (Å²) in [6, 6.07) is 14.6. The van der Waals surface area contributed by atoms with Gasteiger partial charge in [0.25, 0.3) is 5.91 Å². The van der Waals surface area contributed by atoms with Crippen molar-refractivity contribution in [1.82, 2.24) is 15.5 Å². The van der Waals surface area contributed by atoms with E-state index in [9.17, 15) is 13.2 Å². The summed E-state index contributed by atoms with van der Waals surface area (Å²) >= 11 is 0. The number of nitrogens with one attached hydrogen (secondary N) is 1. The number of amides is 1. The molecule has 10 heteroatoms. The zero-order valence-electron chi connectivity index (χ0n) is 21.5. The maximum atomic E-state index is 13.1. The van der Waals surface area contributed by atoms with Crippen LogP contribution in [0.3, 0.4) is 0 Å². The highest BCUT2D eigenvalue weighted by Gasteiger charge is 2.29. The molecule has 1 atom stereocenters. The summed E-state index contributed by atoms with van der Waals surface area (Å²) in [5.41, 5.74) is 7.70. The Kier molecular flexibility index (Phi) is 8.52. The van der Waals surface area contributed by atoms with Gasteiger partial charge in [0.2, 0.25) is 21.8 Å². The summed E-state index contributed by atoms with van der Waals surface area (Å²) in [7, 11) is -3.58. The van der Waals surface area contributed by atoms with E-state index >= 15 is 0 Å². The van der Waals surface area contributed by atoms with Crippen molar-refractivity contribution in [1.29, 1.82) is 0 Å². The minimum atomic E-state index is -3.58. The second-order valence-corrected chi connectivity index (χ2v) is 11.1. The topological polar surface area (TPSA) is 131 Å². The molecular formula is C26H35N5O4S. The molecule has 1 aromatic heterocycles. The number of benzene rings is 2. The molecule has 0 aliphatic heterocycles. The Labute approximate surface area is 213 Å². The number of carbonyl (C=O) groups excluding carboxylic acids is 1. The van der Waals surface area contributed by atoms with Crippen molar-refractivity contribution in [2.75, 3.05) is 17.1 Å². The highest BCUT2D eigenvalue weighted by Crippen LogP contribution is 2.30.